The van der Waals surface area contributed by atoms with E-state index in [1.54, 1.807) is 0 Å². The van der Waals surface area contributed by atoms with Crippen molar-refractivity contribution < 1.29 is 0 Å². The fourth-order valence-electron chi connectivity index (χ4n) is 3.00. The second-order valence-electron chi connectivity index (χ2n) is 5.62. The van der Waals surface area contributed by atoms with Crippen molar-refractivity contribution in [3.05, 3.63) is 11.6 Å². The summed E-state index contributed by atoms with van der Waals surface area (Å²) in [5.74, 6) is 5.22. The number of aromatic amines is 1. The lowest BCUT2D eigenvalue weighted by molar-refractivity contribution is 0.443. The van der Waals surface area contributed by atoms with Gasteiger partial charge in [0.1, 0.15) is 5.82 Å². The van der Waals surface area contributed by atoms with Crippen LogP contribution in [-0.2, 0) is 0 Å². The SMILES string of the molecule is C1CC1c1n[nH]c([C@@H]2CNC[C@H]2C2CC2)n1.Cl.Cl. The van der Waals surface area contributed by atoms with Crippen LogP contribution in [0.2, 0.25) is 0 Å². The van der Waals surface area contributed by atoms with Crippen LogP contribution in [0.3, 0.4) is 0 Å². The number of halogens is 2. The molecule has 1 aromatic heterocycles. The zero-order valence-corrected chi connectivity index (χ0v) is 11.9. The summed E-state index contributed by atoms with van der Waals surface area (Å²) in [7, 11) is 0. The van der Waals surface area contributed by atoms with Crippen molar-refractivity contribution in [2.75, 3.05) is 13.1 Å². The Morgan fingerprint density at radius 1 is 1.00 bits per heavy atom. The van der Waals surface area contributed by atoms with Gasteiger partial charge in [0.2, 0.25) is 0 Å². The van der Waals surface area contributed by atoms with Gasteiger partial charge in [-0.1, -0.05) is 0 Å². The zero-order valence-electron chi connectivity index (χ0n) is 10.3. The molecule has 1 saturated heterocycles. The molecule has 6 heteroatoms. The minimum Gasteiger partial charge on any atom is -0.316 e. The van der Waals surface area contributed by atoms with Crippen molar-refractivity contribution in [1.82, 2.24) is 20.5 Å². The summed E-state index contributed by atoms with van der Waals surface area (Å²) in [5, 5.41) is 11.1. The highest BCUT2D eigenvalue weighted by atomic mass is 35.5. The van der Waals surface area contributed by atoms with Gasteiger partial charge in [-0.25, -0.2) is 4.98 Å². The molecular formula is C12H20Cl2N4. The maximum Gasteiger partial charge on any atom is 0.153 e. The molecule has 0 radical (unpaired) electrons. The lowest BCUT2D eigenvalue weighted by Crippen LogP contribution is -2.14. The van der Waals surface area contributed by atoms with E-state index in [2.05, 4.69) is 15.5 Å². The third-order valence-corrected chi connectivity index (χ3v) is 4.30. The second-order valence-corrected chi connectivity index (χ2v) is 5.62. The van der Waals surface area contributed by atoms with Crippen LogP contribution >= 0.6 is 24.8 Å². The van der Waals surface area contributed by atoms with E-state index in [-0.39, 0.29) is 24.8 Å². The highest BCUT2D eigenvalue weighted by molar-refractivity contribution is 5.85. The summed E-state index contributed by atoms with van der Waals surface area (Å²) >= 11 is 0. The molecule has 0 aromatic carbocycles. The summed E-state index contributed by atoms with van der Waals surface area (Å²) in [4.78, 5) is 4.71. The van der Waals surface area contributed by atoms with Gasteiger partial charge in [-0.3, -0.25) is 5.10 Å². The Balaban J connectivity index is 0.000000602. The zero-order chi connectivity index (χ0) is 10.5. The topological polar surface area (TPSA) is 53.6 Å². The van der Waals surface area contributed by atoms with Crippen molar-refractivity contribution >= 4 is 24.8 Å². The molecule has 0 amide bonds. The van der Waals surface area contributed by atoms with E-state index in [1.807, 2.05) is 0 Å². The molecular weight excluding hydrogens is 271 g/mol. The lowest BCUT2D eigenvalue weighted by Gasteiger charge is -2.14. The van der Waals surface area contributed by atoms with Crippen LogP contribution in [-0.4, -0.2) is 28.3 Å². The summed E-state index contributed by atoms with van der Waals surface area (Å²) in [6.07, 6.45) is 5.41. The van der Waals surface area contributed by atoms with E-state index in [1.165, 1.54) is 32.2 Å². The third kappa shape index (κ3) is 2.51. The highest BCUT2D eigenvalue weighted by Gasteiger charge is 2.41. The summed E-state index contributed by atoms with van der Waals surface area (Å²) < 4.78 is 0. The Bertz CT molecular complexity index is 401. The minimum absolute atomic E-state index is 0. The molecule has 2 saturated carbocycles. The van der Waals surface area contributed by atoms with Crippen LogP contribution < -0.4 is 5.32 Å². The normalized spacial score (nSPS) is 30.7. The van der Waals surface area contributed by atoms with Gasteiger partial charge in [0.15, 0.2) is 5.82 Å². The standard InChI is InChI=1S/C12H18N4.2ClH/c1-2-7(1)9-5-13-6-10(9)12-14-11(15-16-12)8-3-4-8;;/h7-10,13H,1-6H2,(H,14,15,16);2*1H/t9-,10+;;/m0../s1. The van der Waals surface area contributed by atoms with Gasteiger partial charge < -0.3 is 5.32 Å². The summed E-state index contributed by atoms with van der Waals surface area (Å²) in [6.45, 7) is 2.26. The van der Waals surface area contributed by atoms with Crippen LogP contribution in [0.5, 0.6) is 0 Å². The number of hydrogen-bond acceptors (Lipinski definition) is 3. The Hall–Kier alpha value is -0.320. The average molecular weight is 291 g/mol. The van der Waals surface area contributed by atoms with Gasteiger partial charge in [-0.15, -0.1) is 24.8 Å². The molecule has 1 aliphatic heterocycles. The Kier molecular flexibility index (Phi) is 4.19. The Morgan fingerprint density at radius 3 is 2.44 bits per heavy atom. The molecule has 3 aliphatic rings. The Labute approximate surface area is 120 Å². The van der Waals surface area contributed by atoms with Crippen molar-refractivity contribution in [1.29, 1.82) is 0 Å². The molecule has 2 N–H and O–H groups in total. The fourth-order valence-corrected chi connectivity index (χ4v) is 3.00. The van der Waals surface area contributed by atoms with E-state index >= 15 is 0 Å². The molecule has 4 rings (SSSR count). The first-order chi connectivity index (χ1) is 7.92. The molecule has 0 unspecified atom stereocenters. The summed E-state index contributed by atoms with van der Waals surface area (Å²) in [5.41, 5.74) is 0. The number of nitrogens with zero attached hydrogens (tertiary/aromatic N) is 2. The number of H-pyrrole nitrogens is 1. The van der Waals surface area contributed by atoms with E-state index in [0.29, 0.717) is 11.8 Å². The molecule has 18 heavy (non-hydrogen) atoms. The van der Waals surface area contributed by atoms with Gasteiger partial charge in [-0.2, -0.15) is 5.10 Å². The first-order valence-electron chi connectivity index (χ1n) is 6.55. The van der Waals surface area contributed by atoms with Crippen LogP contribution in [0.25, 0.3) is 0 Å². The number of nitrogens with one attached hydrogen (secondary N) is 2. The van der Waals surface area contributed by atoms with E-state index < -0.39 is 0 Å². The van der Waals surface area contributed by atoms with Crippen LogP contribution in [0, 0.1) is 11.8 Å². The predicted octanol–water partition coefficient (Wildman–Crippen LogP) is 2.24. The molecule has 2 heterocycles. The third-order valence-electron chi connectivity index (χ3n) is 4.30. The van der Waals surface area contributed by atoms with Gasteiger partial charge in [0.05, 0.1) is 0 Å². The maximum atomic E-state index is 4.71. The number of aromatic nitrogens is 3. The fraction of sp³-hybridized carbons (Fsp3) is 0.833. The van der Waals surface area contributed by atoms with E-state index in [0.717, 1.165) is 30.0 Å². The summed E-state index contributed by atoms with van der Waals surface area (Å²) in [6, 6.07) is 0. The van der Waals surface area contributed by atoms with Gasteiger partial charge >= 0.3 is 0 Å². The lowest BCUT2D eigenvalue weighted by atomic mass is 9.91. The van der Waals surface area contributed by atoms with Crippen LogP contribution in [0.1, 0.15) is 49.2 Å². The number of rotatable bonds is 3. The largest absolute Gasteiger partial charge is 0.316 e. The van der Waals surface area contributed by atoms with Crippen molar-refractivity contribution in [3.8, 4) is 0 Å². The maximum absolute atomic E-state index is 4.71. The van der Waals surface area contributed by atoms with Gasteiger partial charge in [0.25, 0.3) is 0 Å². The molecule has 2 aliphatic carbocycles. The van der Waals surface area contributed by atoms with Crippen molar-refractivity contribution in [2.24, 2.45) is 11.8 Å². The predicted molar refractivity (Wildman–Crippen MR) is 74.7 cm³/mol. The molecule has 2 atom stereocenters. The molecule has 0 bridgehead atoms. The minimum atomic E-state index is 0. The second kappa shape index (κ2) is 5.35. The van der Waals surface area contributed by atoms with Crippen molar-refractivity contribution in [2.45, 2.75) is 37.5 Å². The molecule has 4 nitrogen and oxygen atoms in total. The van der Waals surface area contributed by atoms with E-state index in [9.17, 15) is 0 Å². The number of hydrogen-bond donors (Lipinski definition) is 2. The first-order valence-corrected chi connectivity index (χ1v) is 6.55. The monoisotopic (exact) mass is 290 g/mol. The van der Waals surface area contributed by atoms with Gasteiger partial charge in [0, 0.05) is 18.4 Å². The molecule has 3 fully saturated rings. The van der Waals surface area contributed by atoms with Crippen LogP contribution in [0.15, 0.2) is 0 Å². The van der Waals surface area contributed by atoms with Crippen molar-refractivity contribution in [3.63, 3.8) is 0 Å². The van der Waals surface area contributed by atoms with Gasteiger partial charge in [-0.05, 0) is 44.1 Å². The quantitative estimate of drug-likeness (QED) is 0.898. The smallest absolute Gasteiger partial charge is 0.153 e. The molecule has 1 aromatic rings. The van der Waals surface area contributed by atoms with Crippen LogP contribution in [0.4, 0.5) is 0 Å². The van der Waals surface area contributed by atoms with E-state index in [4.69, 9.17) is 4.98 Å². The first kappa shape index (κ1) is 14.1. The average Bonchev–Trinajstić information content (AvgIpc) is 3.22. The molecule has 0 spiro atoms. The highest BCUT2D eigenvalue weighted by Crippen LogP contribution is 2.45. The Morgan fingerprint density at radius 2 is 1.78 bits per heavy atom. The molecule has 102 valence electrons.